The SMILES string of the molecule is COc1ccccc1OCc1c(C(=O)O)nnn1CC(N)=O. The number of rotatable bonds is 7. The van der Waals surface area contributed by atoms with Crippen molar-refractivity contribution in [2.24, 2.45) is 5.73 Å². The van der Waals surface area contributed by atoms with E-state index in [9.17, 15) is 9.59 Å². The minimum atomic E-state index is -1.27. The summed E-state index contributed by atoms with van der Waals surface area (Å²) in [6.07, 6.45) is 0. The van der Waals surface area contributed by atoms with Crippen LogP contribution < -0.4 is 15.2 Å². The van der Waals surface area contributed by atoms with Gasteiger partial charge in [-0.25, -0.2) is 9.48 Å². The molecule has 0 saturated heterocycles. The third-order valence-electron chi connectivity index (χ3n) is 2.78. The Morgan fingerprint density at radius 3 is 2.59 bits per heavy atom. The number of carbonyl (C=O) groups is 2. The lowest BCUT2D eigenvalue weighted by Gasteiger charge is -2.11. The first-order chi connectivity index (χ1) is 10.5. The fourth-order valence-corrected chi connectivity index (χ4v) is 1.80. The standard InChI is InChI=1S/C13H14N4O5/c1-21-9-4-2-3-5-10(9)22-7-8-12(13(19)20)15-16-17(8)6-11(14)18/h2-5H,6-7H2,1H3,(H2,14,18)(H,19,20). The molecule has 0 fully saturated rings. The smallest absolute Gasteiger partial charge is 0.358 e. The van der Waals surface area contributed by atoms with Gasteiger partial charge in [-0.1, -0.05) is 17.3 Å². The number of primary amides is 1. The normalized spacial score (nSPS) is 10.2. The Bertz CT molecular complexity index is 697. The van der Waals surface area contributed by atoms with Crippen LogP contribution in [-0.4, -0.2) is 39.1 Å². The number of methoxy groups -OCH3 is 1. The Balaban J connectivity index is 2.25. The number of nitrogens with zero attached hydrogens (tertiary/aromatic N) is 3. The lowest BCUT2D eigenvalue weighted by molar-refractivity contribution is -0.118. The molecule has 0 saturated carbocycles. The molecule has 0 aliphatic heterocycles. The number of ether oxygens (including phenoxy) is 2. The maximum absolute atomic E-state index is 11.1. The minimum Gasteiger partial charge on any atom is -0.493 e. The van der Waals surface area contributed by atoms with Crippen molar-refractivity contribution in [2.45, 2.75) is 13.2 Å². The van der Waals surface area contributed by atoms with Crippen LogP contribution in [0.25, 0.3) is 0 Å². The molecule has 0 atom stereocenters. The maximum Gasteiger partial charge on any atom is 0.358 e. The average molecular weight is 306 g/mol. The summed E-state index contributed by atoms with van der Waals surface area (Å²) in [4.78, 5) is 22.1. The Morgan fingerprint density at radius 1 is 1.32 bits per heavy atom. The minimum absolute atomic E-state index is 0.136. The van der Waals surface area contributed by atoms with Crippen molar-refractivity contribution in [1.29, 1.82) is 0 Å². The molecule has 2 rings (SSSR count). The number of aromatic carboxylic acids is 1. The number of hydrogen-bond donors (Lipinski definition) is 2. The van der Waals surface area contributed by atoms with Crippen molar-refractivity contribution in [2.75, 3.05) is 7.11 Å². The molecule has 116 valence electrons. The summed E-state index contributed by atoms with van der Waals surface area (Å²) >= 11 is 0. The van der Waals surface area contributed by atoms with Crippen LogP contribution in [0.4, 0.5) is 0 Å². The lowest BCUT2D eigenvalue weighted by Crippen LogP contribution is -2.22. The molecule has 9 heteroatoms. The second-order valence-corrected chi connectivity index (χ2v) is 4.25. The summed E-state index contributed by atoms with van der Waals surface area (Å²) in [6, 6.07) is 6.88. The first kappa shape index (κ1) is 15.3. The van der Waals surface area contributed by atoms with Gasteiger partial charge in [0.1, 0.15) is 18.8 Å². The van der Waals surface area contributed by atoms with Crippen molar-refractivity contribution in [3.63, 3.8) is 0 Å². The van der Waals surface area contributed by atoms with Crippen LogP contribution in [0.3, 0.4) is 0 Å². The predicted octanol–water partition coefficient (Wildman–Crippen LogP) is 0.0492. The molecule has 0 unspecified atom stereocenters. The summed E-state index contributed by atoms with van der Waals surface area (Å²) in [6.45, 7) is -0.437. The zero-order chi connectivity index (χ0) is 16.1. The van der Waals surface area contributed by atoms with Gasteiger partial charge in [0.2, 0.25) is 5.91 Å². The fraction of sp³-hybridized carbons (Fsp3) is 0.231. The van der Waals surface area contributed by atoms with Crippen LogP contribution >= 0.6 is 0 Å². The molecule has 0 radical (unpaired) electrons. The Hall–Kier alpha value is -3.10. The van der Waals surface area contributed by atoms with Crippen molar-refractivity contribution in [1.82, 2.24) is 15.0 Å². The molecule has 0 aliphatic rings. The molecular weight excluding hydrogens is 292 g/mol. The van der Waals surface area contributed by atoms with E-state index in [1.165, 1.54) is 7.11 Å². The first-order valence-corrected chi connectivity index (χ1v) is 6.22. The summed E-state index contributed by atoms with van der Waals surface area (Å²) in [7, 11) is 1.49. The van der Waals surface area contributed by atoms with E-state index in [0.717, 1.165) is 4.68 Å². The Labute approximate surface area is 125 Å². The average Bonchev–Trinajstić information content (AvgIpc) is 2.87. The molecule has 0 spiro atoms. The number of carbonyl (C=O) groups excluding carboxylic acids is 1. The fourth-order valence-electron chi connectivity index (χ4n) is 1.80. The highest BCUT2D eigenvalue weighted by Gasteiger charge is 2.20. The van der Waals surface area contributed by atoms with E-state index in [1.54, 1.807) is 24.3 Å². The van der Waals surface area contributed by atoms with Crippen LogP contribution in [0.2, 0.25) is 0 Å². The van der Waals surface area contributed by atoms with Gasteiger partial charge >= 0.3 is 5.97 Å². The van der Waals surface area contributed by atoms with E-state index in [0.29, 0.717) is 11.5 Å². The molecule has 1 heterocycles. The van der Waals surface area contributed by atoms with E-state index >= 15 is 0 Å². The van der Waals surface area contributed by atoms with Crippen LogP contribution in [0.15, 0.2) is 24.3 Å². The van der Waals surface area contributed by atoms with Gasteiger partial charge in [0.25, 0.3) is 0 Å². The van der Waals surface area contributed by atoms with Crippen LogP contribution in [0.5, 0.6) is 11.5 Å². The molecule has 3 N–H and O–H groups in total. The Kier molecular flexibility index (Phi) is 4.57. The molecule has 1 amide bonds. The molecule has 22 heavy (non-hydrogen) atoms. The van der Waals surface area contributed by atoms with Gasteiger partial charge in [-0.15, -0.1) is 5.10 Å². The van der Waals surface area contributed by atoms with Crippen molar-refractivity contribution >= 4 is 11.9 Å². The third kappa shape index (κ3) is 3.32. The van der Waals surface area contributed by atoms with Gasteiger partial charge in [0.05, 0.1) is 7.11 Å². The lowest BCUT2D eigenvalue weighted by atomic mass is 10.3. The molecule has 9 nitrogen and oxygen atoms in total. The molecule has 0 bridgehead atoms. The number of carboxylic acid groups (broad SMARTS) is 1. The van der Waals surface area contributed by atoms with Gasteiger partial charge in [-0.2, -0.15) is 0 Å². The van der Waals surface area contributed by atoms with E-state index in [2.05, 4.69) is 10.3 Å². The van der Waals surface area contributed by atoms with Crippen molar-refractivity contribution in [3.8, 4) is 11.5 Å². The van der Waals surface area contributed by atoms with E-state index in [1.807, 2.05) is 0 Å². The predicted molar refractivity (Wildman–Crippen MR) is 73.5 cm³/mol. The highest BCUT2D eigenvalue weighted by atomic mass is 16.5. The number of benzene rings is 1. The molecular formula is C13H14N4O5. The van der Waals surface area contributed by atoms with Crippen molar-refractivity contribution < 1.29 is 24.2 Å². The number of carboxylic acids is 1. The summed E-state index contributed by atoms with van der Waals surface area (Å²) in [5.41, 5.74) is 4.94. The topological polar surface area (TPSA) is 130 Å². The monoisotopic (exact) mass is 306 g/mol. The van der Waals surface area contributed by atoms with E-state index in [4.69, 9.17) is 20.3 Å². The number of para-hydroxylation sites is 2. The largest absolute Gasteiger partial charge is 0.493 e. The highest BCUT2D eigenvalue weighted by molar-refractivity contribution is 5.86. The highest BCUT2D eigenvalue weighted by Crippen LogP contribution is 2.26. The van der Waals surface area contributed by atoms with Gasteiger partial charge < -0.3 is 20.3 Å². The second kappa shape index (κ2) is 6.57. The van der Waals surface area contributed by atoms with E-state index in [-0.39, 0.29) is 24.5 Å². The summed E-state index contributed by atoms with van der Waals surface area (Å²) in [5, 5.41) is 16.2. The van der Waals surface area contributed by atoms with Crippen LogP contribution in [-0.2, 0) is 17.9 Å². The van der Waals surface area contributed by atoms with Crippen molar-refractivity contribution in [3.05, 3.63) is 35.7 Å². The number of amides is 1. The van der Waals surface area contributed by atoms with Crippen LogP contribution in [0.1, 0.15) is 16.2 Å². The zero-order valence-electron chi connectivity index (χ0n) is 11.7. The van der Waals surface area contributed by atoms with Crippen LogP contribution in [0, 0.1) is 0 Å². The number of hydrogen-bond acceptors (Lipinski definition) is 6. The zero-order valence-corrected chi connectivity index (χ0v) is 11.7. The molecule has 0 aliphatic carbocycles. The van der Waals surface area contributed by atoms with Gasteiger partial charge in [0.15, 0.2) is 17.2 Å². The molecule has 2 aromatic rings. The van der Waals surface area contributed by atoms with Gasteiger partial charge in [-0.05, 0) is 12.1 Å². The first-order valence-electron chi connectivity index (χ1n) is 6.22. The molecule has 1 aromatic carbocycles. The maximum atomic E-state index is 11.1. The number of nitrogens with two attached hydrogens (primary N) is 1. The second-order valence-electron chi connectivity index (χ2n) is 4.25. The Morgan fingerprint density at radius 2 is 2.00 bits per heavy atom. The third-order valence-corrected chi connectivity index (χ3v) is 2.78. The van der Waals surface area contributed by atoms with E-state index < -0.39 is 11.9 Å². The number of aromatic nitrogens is 3. The van der Waals surface area contributed by atoms with Gasteiger partial charge in [0, 0.05) is 0 Å². The van der Waals surface area contributed by atoms with Gasteiger partial charge in [-0.3, -0.25) is 4.79 Å². The quantitative estimate of drug-likeness (QED) is 0.739. The summed E-state index contributed by atoms with van der Waals surface area (Å²) < 4.78 is 11.8. The summed E-state index contributed by atoms with van der Waals surface area (Å²) in [5.74, 6) is -1.02. The molecule has 1 aromatic heterocycles.